The average molecular weight is 340 g/mol. The van der Waals surface area contributed by atoms with Gasteiger partial charge in [-0.25, -0.2) is 0 Å². The van der Waals surface area contributed by atoms with Crippen LogP contribution in [0.15, 0.2) is 48.5 Å². The SMILES string of the molecule is CC[C@@H](Oc1cccc(C)c1C)C(=O)NCCN(C)c1ccccc1. The molecule has 0 fully saturated rings. The number of hydrogen-bond donors (Lipinski definition) is 1. The average Bonchev–Trinajstić information content (AvgIpc) is 2.63. The van der Waals surface area contributed by atoms with Gasteiger partial charge in [-0.2, -0.15) is 0 Å². The number of carbonyl (C=O) groups is 1. The molecule has 0 aliphatic carbocycles. The summed E-state index contributed by atoms with van der Waals surface area (Å²) < 4.78 is 5.95. The van der Waals surface area contributed by atoms with E-state index in [0.29, 0.717) is 13.0 Å². The minimum absolute atomic E-state index is 0.0649. The van der Waals surface area contributed by atoms with Crippen molar-refractivity contribution in [2.75, 3.05) is 25.0 Å². The minimum atomic E-state index is -0.470. The third-order valence-corrected chi connectivity index (χ3v) is 4.43. The van der Waals surface area contributed by atoms with Crippen LogP contribution in [0.5, 0.6) is 5.75 Å². The van der Waals surface area contributed by atoms with E-state index in [9.17, 15) is 4.79 Å². The van der Waals surface area contributed by atoms with Crippen LogP contribution in [0.25, 0.3) is 0 Å². The fraction of sp³-hybridized carbons (Fsp3) is 0.381. The number of para-hydroxylation sites is 1. The van der Waals surface area contributed by atoms with Crippen molar-refractivity contribution < 1.29 is 9.53 Å². The highest BCUT2D eigenvalue weighted by Gasteiger charge is 2.19. The first-order chi connectivity index (χ1) is 12.0. The number of carbonyl (C=O) groups excluding carboxylic acids is 1. The number of nitrogens with one attached hydrogen (secondary N) is 1. The molecule has 2 rings (SSSR count). The molecule has 25 heavy (non-hydrogen) atoms. The lowest BCUT2D eigenvalue weighted by Crippen LogP contribution is -2.41. The predicted molar refractivity (Wildman–Crippen MR) is 103 cm³/mol. The van der Waals surface area contributed by atoms with Crippen molar-refractivity contribution in [3.63, 3.8) is 0 Å². The second-order valence-electron chi connectivity index (χ2n) is 6.26. The van der Waals surface area contributed by atoms with Gasteiger partial charge in [-0.3, -0.25) is 4.79 Å². The molecule has 4 heteroatoms. The van der Waals surface area contributed by atoms with Gasteiger partial charge in [-0.1, -0.05) is 37.3 Å². The predicted octanol–water partition coefficient (Wildman–Crippen LogP) is 3.71. The molecule has 2 aromatic rings. The van der Waals surface area contributed by atoms with E-state index < -0.39 is 6.10 Å². The molecule has 0 heterocycles. The van der Waals surface area contributed by atoms with Gasteiger partial charge in [0.2, 0.25) is 0 Å². The Kier molecular flexibility index (Phi) is 6.87. The smallest absolute Gasteiger partial charge is 0.261 e. The summed E-state index contributed by atoms with van der Waals surface area (Å²) >= 11 is 0. The first-order valence-corrected chi connectivity index (χ1v) is 8.79. The van der Waals surface area contributed by atoms with E-state index in [1.165, 1.54) is 0 Å². The maximum absolute atomic E-state index is 12.4. The second-order valence-corrected chi connectivity index (χ2v) is 6.26. The molecule has 0 spiro atoms. The largest absolute Gasteiger partial charge is 0.480 e. The van der Waals surface area contributed by atoms with Crippen molar-refractivity contribution >= 4 is 11.6 Å². The summed E-state index contributed by atoms with van der Waals surface area (Å²) in [5.74, 6) is 0.716. The van der Waals surface area contributed by atoms with Crippen molar-refractivity contribution in [1.82, 2.24) is 5.32 Å². The molecule has 1 amide bonds. The van der Waals surface area contributed by atoms with Crippen LogP contribution in [-0.4, -0.2) is 32.1 Å². The van der Waals surface area contributed by atoms with Crippen LogP contribution in [-0.2, 0) is 4.79 Å². The fourth-order valence-electron chi connectivity index (χ4n) is 2.60. The van der Waals surface area contributed by atoms with Crippen LogP contribution in [0, 0.1) is 13.8 Å². The number of likely N-dealkylation sites (N-methyl/N-ethyl adjacent to an activating group) is 1. The molecule has 0 saturated heterocycles. The van der Waals surface area contributed by atoms with Crippen LogP contribution in [0.1, 0.15) is 24.5 Å². The van der Waals surface area contributed by atoms with Gasteiger partial charge >= 0.3 is 0 Å². The third-order valence-electron chi connectivity index (χ3n) is 4.43. The second kappa shape index (κ2) is 9.11. The third kappa shape index (κ3) is 5.24. The highest BCUT2D eigenvalue weighted by Crippen LogP contribution is 2.22. The van der Waals surface area contributed by atoms with Crippen LogP contribution in [0.3, 0.4) is 0 Å². The molecule has 134 valence electrons. The van der Waals surface area contributed by atoms with Crippen molar-refractivity contribution in [3.05, 3.63) is 59.7 Å². The summed E-state index contributed by atoms with van der Waals surface area (Å²) in [6.45, 7) is 7.35. The molecule has 0 radical (unpaired) electrons. The summed E-state index contributed by atoms with van der Waals surface area (Å²) in [4.78, 5) is 14.6. The molecule has 0 aliphatic heterocycles. The zero-order valence-electron chi connectivity index (χ0n) is 15.6. The topological polar surface area (TPSA) is 41.6 Å². The first-order valence-electron chi connectivity index (χ1n) is 8.79. The summed E-state index contributed by atoms with van der Waals surface area (Å²) in [5, 5.41) is 2.98. The van der Waals surface area contributed by atoms with Crippen LogP contribution in [0.2, 0.25) is 0 Å². The molecule has 0 saturated carbocycles. The first kappa shape index (κ1) is 18.8. The summed E-state index contributed by atoms with van der Waals surface area (Å²) in [6.07, 6.45) is 0.163. The molecule has 0 aliphatic rings. The van der Waals surface area contributed by atoms with Gasteiger partial charge in [-0.05, 0) is 49.6 Å². The molecule has 1 atom stereocenters. The van der Waals surface area contributed by atoms with E-state index >= 15 is 0 Å². The molecule has 4 nitrogen and oxygen atoms in total. The maximum Gasteiger partial charge on any atom is 0.261 e. The minimum Gasteiger partial charge on any atom is -0.480 e. The molecule has 0 aromatic heterocycles. The van der Waals surface area contributed by atoms with E-state index in [1.54, 1.807) is 0 Å². The van der Waals surface area contributed by atoms with E-state index in [0.717, 1.165) is 29.1 Å². The molecule has 0 bridgehead atoms. The van der Waals surface area contributed by atoms with Gasteiger partial charge in [-0.15, -0.1) is 0 Å². The Morgan fingerprint density at radius 3 is 2.52 bits per heavy atom. The van der Waals surface area contributed by atoms with Crippen LogP contribution >= 0.6 is 0 Å². The zero-order valence-corrected chi connectivity index (χ0v) is 15.6. The van der Waals surface area contributed by atoms with Gasteiger partial charge in [0.15, 0.2) is 6.10 Å². The number of aryl methyl sites for hydroxylation is 1. The summed E-state index contributed by atoms with van der Waals surface area (Å²) in [5.41, 5.74) is 3.38. The van der Waals surface area contributed by atoms with Crippen molar-refractivity contribution in [2.24, 2.45) is 0 Å². The number of anilines is 1. The van der Waals surface area contributed by atoms with E-state index in [2.05, 4.69) is 22.3 Å². The van der Waals surface area contributed by atoms with Gasteiger partial charge in [0.05, 0.1) is 0 Å². The van der Waals surface area contributed by atoms with Gasteiger partial charge in [0.1, 0.15) is 5.75 Å². The number of hydrogen-bond acceptors (Lipinski definition) is 3. The Labute approximate surface area is 150 Å². The van der Waals surface area contributed by atoms with Crippen molar-refractivity contribution in [1.29, 1.82) is 0 Å². The quantitative estimate of drug-likeness (QED) is 0.796. The number of amides is 1. The van der Waals surface area contributed by atoms with Crippen LogP contribution in [0.4, 0.5) is 5.69 Å². The van der Waals surface area contributed by atoms with Gasteiger partial charge < -0.3 is 15.0 Å². The Morgan fingerprint density at radius 2 is 1.84 bits per heavy atom. The van der Waals surface area contributed by atoms with E-state index in [-0.39, 0.29) is 5.91 Å². The van der Waals surface area contributed by atoms with Crippen molar-refractivity contribution in [3.8, 4) is 5.75 Å². The number of nitrogens with zero attached hydrogens (tertiary/aromatic N) is 1. The molecule has 2 aromatic carbocycles. The molecular formula is C21H28N2O2. The van der Waals surface area contributed by atoms with E-state index in [1.807, 2.05) is 64.2 Å². The summed E-state index contributed by atoms with van der Waals surface area (Å²) in [7, 11) is 2.02. The zero-order chi connectivity index (χ0) is 18.2. The Morgan fingerprint density at radius 1 is 1.12 bits per heavy atom. The maximum atomic E-state index is 12.4. The molecule has 0 unspecified atom stereocenters. The standard InChI is InChI=1S/C21H28N2O2/c1-5-19(25-20-13-9-10-16(2)17(20)3)21(24)22-14-15-23(4)18-11-7-6-8-12-18/h6-13,19H,5,14-15H2,1-4H3,(H,22,24)/t19-/m1/s1. The number of benzene rings is 2. The van der Waals surface area contributed by atoms with E-state index in [4.69, 9.17) is 4.74 Å². The van der Waals surface area contributed by atoms with Crippen LogP contribution < -0.4 is 15.0 Å². The highest BCUT2D eigenvalue weighted by atomic mass is 16.5. The van der Waals surface area contributed by atoms with Crippen molar-refractivity contribution in [2.45, 2.75) is 33.3 Å². The van der Waals surface area contributed by atoms with Gasteiger partial charge in [0, 0.05) is 25.8 Å². The Balaban J connectivity index is 1.86. The molecule has 1 N–H and O–H groups in total. The fourth-order valence-corrected chi connectivity index (χ4v) is 2.60. The summed E-state index contributed by atoms with van der Waals surface area (Å²) in [6, 6.07) is 16.0. The lowest BCUT2D eigenvalue weighted by molar-refractivity contribution is -0.128. The van der Waals surface area contributed by atoms with Gasteiger partial charge in [0.25, 0.3) is 5.91 Å². The Hall–Kier alpha value is -2.49. The highest BCUT2D eigenvalue weighted by molar-refractivity contribution is 5.81. The molecular weight excluding hydrogens is 312 g/mol. The lowest BCUT2D eigenvalue weighted by Gasteiger charge is -2.22. The monoisotopic (exact) mass is 340 g/mol. The number of rotatable bonds is 8. The number of ether oxygens (including phenoxy) is 1. The lowest BCUT2D eigenvalue weighted by atomic mass is 10.1. The normalized spacial score (nSPS) is 11.7. The Bertz CT molecular complexity index is 686.